The van der Waals surface area contributed by atoms with E-state index in [1.165, 1.54) is 0 Å². The molecule has 1 unspecified atom stereocenters. The summed E-state index contributed by atoms with van der Waals surface area (Å²) >= 11 is 5.86. The third-order valence-corrected chi connectivity index (χ3v) is 4.90. The largest absolute Gasteiger partial charge is 0.497 e. The van der Waals surface area contributed by atoms with Crippen molar-refractivity contribution in [3.8, 4) is 5.75 Å². The first kappa shape index (κ1) is 22.6. The van der Waals surface area contributed by atoms with Crippen LogP contribution in [0.2, 0.25) is 0 Å². The fourth-order valence-electron chi connectivity index (χ4n) is 3.09. The maximum absolute atomic E-state index is 13.1. The van der Waals surface area contributed by atoms with E-state index < -0.39 is 24.1 Å². The summed E-state index contributed by atoms with van der Waals surface area (Å²) in [7, 11) is 1.56. The highest BCUT2D eigenvalue weighted by atomic mass is 35.5. The second kappa shape index (κ2) is 10.8. The number of rotatable bonds is 8. The molecule has 1 heterocycles. The van der Waals surface area contributed by atoms with Gasteiger partial charge in [-0.3, -0.25) is 4.79 Å². The number of oxime groups is 1. The average molecular weight is 446 g/mol. The Labute approximate surface area is 185 Å². The van der Waals surface area contributed by atoms with E-state index in [0.717, 1.165) is 16.0 Å². The van der Waals surface area contributed by atoms with Crippen LogP contribution >= 0.6 is 11.6 Å². The van der Waals surface area contributed by atoms with E-state index in [1.54, 1.807) is 19.2 Å². The van der Waals surface area contributed by atoms with Crippen LogP contribution in [-0.2, 0) is 27.4 Å². The predicted molar refractivity (Wildman–Crippen MR) is 116 cm³/mol. The first-order chi connectivity index (χ1) is 15.0. The summed E-state index contributed by atoms with van der Waals surface area (Å²) in [6.07, 6.45) is -0.838. The molecule has 2 N–H and O–H groups in total. The van der Waals surface area contributed by atoms with Gasteiger partial charge in [-0.2, -0.15) is 0 Å². The quantitative estimate of drug-likeness (QED) is 0.669. The molecule has 2 amide bonds. The predicted octanol–water partition coefficient (Wildman–Crippen LogP) is 3.07. The minimum atomic E-state index is -0.964. The van der Waals surface area contributed by atoms with Crippen molar-refractivity contribution in [2.75, 3.05) is 13.7 Å². The minimum Gasteiger partial charge on any atom is -0.497 e. The van der Waals surface area contributed by atoms with E-state index in [2.05, 4.69) is 5.16 Å². The number of nitrogens with zero attached hydrogens (tertiary/aromatic N) is 2. The molecule has 2 aromatic rings. The van der Waals surface area contributed by atoms with Gasteiger partial charge in [0.25, 0.3) is 0 Å². The molecule has 0 aromatic heterocycles. The normalized spacial score (nSPS) is 16.1. The van der Waals surface area contributed by atoms with E-state index in [1.807, 2.05) is 42.5 Å². The van der Waals surface area contributed by atoms with Crippen molar-refractivity contribution in [1.82, 2.24) is 4.90 Å². The number of hydrogen-bond acceptors (Lipinski definition) is 7. The molecule has 8 nitrogen and oxygen atoms in total. The Balaban J connectivity index is 1.69. The fourth-order valence-corrected chi connectivity index (χ4v) is 3.30. The number of nitrogens with two attached hydrogens (primary N) is 1. The summed E-state index contributed by atoms with van der Waals surface area (Å²) < 4.78 is 10.6. The van der Waals surface area contributed by atoms with Crippen molar-refractivity contribution < 1.29 is 23.9 Å². The standard InChI is InChI=1S/C22H24ClN3O5/c1-29-17-9-5-8-16(10-17)11-19(24)21(27)26(13-18-12-20(23)25-31-18)22(28)30-14-15-6-3-2-4-7-15/h2-10,18-19H,11-14,24H2,1H3/t18?,19-/m0/s1. The minimum absolute atomic E-state index is 0.0252. The zero-order valence-corrected chi connectivity index (χ0v) is 17.8. The van der Waals surface area contributed by atoms with Gasteiger partial charge in [-0.15, -0.1) is 0 Å². The number of benzene rings is 2. The summed E-state index contributed by atoms with van der Waals surface area (Å²) in [5.74, 6) is 0.0786. The number of ether oxygens (including phenoxy) is 2. The molecule has 164 valence electrons. The van der Waals surface area contributed by atoms with Gasteiger partial charge < -0.3 is 20.0 Å². The van der Waals surface area contributed by atoms with Crippen molar-refractivity contribution in [3.63, 3.8) is 0 Å². The van der Waals surface area contributed by atoms with Crippen LogP contribution in [0.5, 0.6) is 5.75 Å². The summed E-state index contributed by atoms with van der Waals surface area (Å²) in [6.45, 7) is -0.0463. The average Bonchev–Trinajstić information content (AvgIpc) is 3.20. The van der Waals surface area contributed by atoms with E-state index in [0.29, 0.717) is 12.2 Å². The van der Waals surface area contributed by atoms with Gasteiger partial charge in [0.05, 0.1) is 19.7 Å². The zero-order chi connectivity index (χ0) is 22.2. The van der Waals surface area contributed by atoms with Crippen molar-refractivity contribution in [3.05, 3.63) is 65.7 Å². The number of halogens is 1. The Morgan fingerprint density at radius 1 is 1.23 bits per heavy atom. The Hall–Kier alpha value is -3.10. The van der Waals surface area contributed by atoms with Gasteiger partial charge in [-0.25, -0.2) is 9.69 Å². The summed E-state index contributed by atoms with van der Waals surface area (Å²) in [4.78, 5) is 32.0. The molecule has 0 fully saturated rings. The van der Waals surface area contributed by atoms with Gasteiger partial charge in [0, 0.05) is 6.42 Å². The second-order valence-electron chi connectivity index (χ2n) is 7.05. The number of methoxy groups -OCH3 is 1. The van der Waals surface area contributed by atoms with Gasteiger partial charge in [-0.1, -0.05) is 59.2 Å². The second-order valence-corrected chi connectivity index (χ2v) is 7.49. The zero-order valence-electron chi connectivity index (χ0n) is 17.1. The van der Waals surface area contributed by atoms with Gasteiger partial charge in [0.1, 0.15) is 17.5 Å². The molecule has 0 aliphatic carbocycles. The van der Waals surface area contributed by atoms with Gasteiger partial charge in [0.2, 0.25) is 5.91 Å². The smallest absolute Gasteiger partial charge is 0.417 e. The Bertz CT molecular complexity index is 938. The molecule has 1 aliphatic rings. The molecule has 0 spiro atoms. The van der Waals surface area contributed by atoms with E-state index in [-0.39, 0.29) is 24.7 Å². The molecule has 0 saturated heterocycles. The van der Waals surface area contributed by atoms with Crippen molar-refractivity contribution in [1.29, 1.82) is 0 Å². The van der Waals surface area contributed by atoms with Gasteiger partial charge in [0.15, 0.2) is 6.10 Å². The topological polar surface area (TPSA) is 103 Å². The van der Waals surface area contributed by atoms with Crippen LogP contribution < -0.4 is 10.5 Å². The molecule has 0 saturated carbocycles. The lowest BCUT2D eigenvalue weighted by Crippen LogP contribution is -2.50. The first-order valence-corrected chi connectivity index (χ1v) is 10.1. The van der Waals surface area contributed by atoms with Crippen LogP contribution in [-0.4, -0.2) is 47.9 Å². The molecule has 3 rings (SSSR count). The van der Waals surface area contributed by atoms with Crippen LogP contribution in [0.25, 0.3) is 0 Å². The number of hydrogen-bond donors (Lipinski definition) is 1. The molecule has 31 heavy (non-hydrogen) atoms. The molecule has 0 bridgehead atoms. The van der Waals surface area contributed by atoms with E-state index >= 15 is 0 Å². The number of amides is 2. The molecule has 0 radical (unpaired) electrons. The molecule has 1 aliphatic heterocycles. The van der Waals surface area contributed by atoms with Crippen LogP contribution in [0.4, 0.5) is 4.79 Å². The molecule has 2 aromatic carbocycles. The third kappa shape index (κ3) is 6.44. The lowest BCUT2D eigenvalue weighted by molar-refractivity contribution is -0.132. The SMILES string of the molecule is COc1cccc(C[C@H](N)C(=O)N(CC2CC(Cl)=NO2)C(=O)OCc2ccccc2)c1. The highest BCUT2D eigenvalue weighted by Crippen LogP contribution is 2.18. The molecule has 9 heteroatoms. The number of carbonyl (C=O) groups excluding carboxylic acids is 2. The monoisotopic (exact) mass is 445 g/mol. The van der Waals surface area contributed by atoms with Crippen molar-refractivity contribution in [2.45, 2.75) is 31.6 Å². The highest BCUT2D eigenvalue weighted by molar-refractivity contribution is 6.65. The van der Waals surface area contributed by atoms with Crippen molar-refractivity contribution in [2.24, 2.45) is 10.9 Å². The Morgan fingerprint density at radius 2 is 1.97 bits per heavy atom. The van der Waals surface area contributed by atoms with Crippen LogP contribution in [0.15, 0.2) is 59.8 Å². The van der Waals surface area contributed by atoms with Crippen LogP contribution in [0.1, 0.15) is 17.5 Å². The maximum atomic E-state index is 13.1. The fraction of sp³-hybridized carbons (Fsp3) is 0.318. The Kier molecular flexibility index (Phi) is 7.86. The Morgan fingerprint density at radius 3 is 2.65 bits per heavy atom. The molecular weight excluding hydrogens is 422 g/mol. The van der Waals surface area contributed by atoms with Crippen LogP contribution in [0, 0.1) is 0 Å². The van der Waals surface area contributed by atoms with E-state index in [4.69, 9.17) is 31.6 Å². The molecular formula is C22H24ClN3O5. The van der Waals surface area contributed by atoms with Crippen molar-refractivity contribution >= 4 is 28.8 Å². The van der Waals surface area contributed by atoms with Gasteiger partial charge >= 0.3 is 6.09 Å². The van der Waals surface area contributed by atoms with Crippen LogP contribution in [0.3, 0.4) is 0 Å². The highest BCUT2D eigenvalue weighted by Gasteiger charge is 2.33. The first-order valence-electron chi connectivity index (χ1n) is 9.75. The summed E-state index contributed by atoms with van der Waals surface area (Å²) in [5.41, 5.74) is 7.76. The lowest BCUT2D eigenvalue weighted by Gasteiger charge is -2.25. The maximum Gasteiger partial charge on any atom is 0.417 e. The number of imide groups is 1. The summed E-state index contributed by atoms with van der Waals surface area (Å²) in [6, 6.07) is 15.4. The van der Waals surface area contributed by atoms with Gasteiger partial charge in [-0.05, 0) is 29.7 Å². The molecule has 2 atom stereocenters. The van der Waals surface area contributed by atoms with E-state index in [9.17, 15) is 9.59 Å². The third-order valence-electron chi connectivity index (χ3n) is 4.68. The lowest BCUT2D eigenvalue weighted by atomic mass is 10.0. The number of carbonyl (C=O) groups is 2. The summed E-state index contributed by atoms with van der Waals surface area (Å²) in [5, 5.41) is 3.94.